The summed E-state index contributed by atoms with van der Waals surface area (Å²) in [6.45, 7) is 4.03. The van der Waals surface area contributed by atoms with Crippen molar-refractivity contribution in [2.75, 3.05) is 5.75 Å². The van der Waals surface area contributed by atoms with E-state index < -0.39 is 15.9 Å². The molecule has 3 aromatic carbocycles. The van der Waals surface area contributed by atoms with E-state index in [-0.39, 0.29) is 5.75 Å². The van der Waals surface area contributed by atoms with E-state index in [4.69, 9.17) is 0 Å². The first kappa shape index (κ1) is 25.5. The molecule has 36 heavy (non-hydrogen) atoms. The quantitative estimate of drug-likeness (QED) is 0.193. The Balaban J connectivity index is 1.50. The Labute approximate surface area is 213 Å². The van der Waals surface area contributed by atoms with Gasteiger partial charge in [-0.1, -0.05) is 86.5 Å². The third-order valence-corrected chi connectivity index (χ3v) is 7.60. The van der Waals surface area contributed by atoms with Crippen molar-refractivity contribution in [1.29, 1.82) is 0 Å². The van der Waals surface area contributed by atoms with Crippen LogP contribution in [0.15, 0.2) is 72.8 Å². The van der Waals surface area contributed by atoms with Crippen molar-refractivity contribution in [3.8, 4) is 0 Å². The molecule has 4 rings (SSSR count). The first-order valence-corrected chi connectivity index (χ1v) is 14.0. The van der Waals surface area contributed by atoms with Crippen LogP contribution in [0.4, 0.5) is 0 Å². The Hall–Kier alpha value is -3.64. The van der Waals surface area contributed by atoms with Crippen LogP contribution < -0.4 is 4.72 Å². The molecule has 5 nitrogen and oxygen atoms in total. The molecule has 0 aliphatic rings. The van der Waals surface area contributed by atoms with E-state index >= 15 is 0 Å². The van der Waals surface area contributed by atoms with Gasteiger partial charge in [0.25, 0.3) is 5.91 Å². The van der Waals surface area contributed by atoms with Gasteiger partial charge in [0.05, 0.1) is 5.75 Å². The van der Waals surface area contributed by atoms with Crippen molar-refractivity contribution in [2.24, 2.45) is 0 Å². The maximum atomic E-state index is 12.7. The van der Waals surface area contributed by atoms with Crippen molar-refractivity contribution in [3.63, 3.8) is 0 Å². The van der Waals surface area contributed by atoms with Crippen LogP contribution in [0.2, 0.25) is 0 Å². The zero-order valence-electron chi connectivity index (χ0n) is 20.8. The molecule has 6 heteroatoms. The number of sulfonamides is 1. The number of aryl methyl sites for hydroxylation is 1. The molecule has 0 fully saturated rings. The van der Waals surface area contributed by atoms with Crippen molar-refractivity contribution < 1.29 is 13.2 Å². The van der Waals surface area contributed by atoms with Crippen molar-refractivity contribution >= 4 is 39.0 Å². The predicted octanol–water partition coefficient (Wildman–Crippen LogP) is 6.49. The van der Waals surface area contributed by atoms with E-state index in [1.807, 2.05) is 38.1 Å². The van der Waals surface area contributed by atoms with Gasteiger partial charge < -0.3 is 4.98 Å². The molecule has 2 N–H and O–H groups in total. The lowest BCUT2D eigenvalue weighted by atomic mass is 9.99. The highest BCUT2D eigenvalue weighted by molar-refractivity contribution is 7.90. The van der Waals surface area contributed by atoms with Crippen molar-refractivity contribution in [1.82, 2.24) is 9.71 Å². The lowest BCUT2D eigenvalue weighted by Crippen LogP contribution is -2.32. The fraction of sp³-hybridized carbons (Fsp3) is 0.233. The lowest BCUT2D eigenvalue weighted by molar-refractivity contribution is 0.0981. The number of H-pyrrole nitrogens is 1. The average Bonchev–Trinajstić information content (AvgIpc) is 3.18. The van der Waals surface area contributed by atoms with E-state index in [2.05, 4.69) is 58.3 Å². The third kappa shape index (κ3) is 6.52. The summed E-state index contributed by atoms with van der Waals surface area (Å²) in [5, 5.41) is 0.927. The van der Waals surface area contributed by atoms with Crippen molar-refractivity contribution in [3.05, 3.63) is 106 Å². The van der Waals surface area contributed by atoms with Crippen LogP contribution in [0.3, 0.4) is 0 Å². The second-order valence-corrected chi connectivity index (χ2v) is 11.0. The Morgan fingerprint density at radius 1 is 0.917 bits per heavy atom. The lowest BCUT2D eigenvalue weighted by Gasteiger charge is -2.08. The van der Waals surface area contributed by atoms with E-state index in [9.17, 15) is 13.2 Å². The minimum Gasteiger partial charge on any atom is -0.358 e. The second kappa shape index (κ2) is 11.4. The number of aromatic amines is 1. The fourth-order valence-electron chi connectivity index (χ4n) is 4.25. The Morgan fingerprint density at radius 3 is 2.31 bits per heavy atom. The van der Waals surface area contributed by atoms with E-state index in [1.54, 1.807) is 12.1 Å². The van der Waals surface area contributed by atoms with Gasteiger partial charge in [-0.15, -0.1) is 0 Å². The molecule has 0 radical (unpaired) electrons. The number of carbonyl (C=O) groups is 1. The molecule has 0 saturated carbocycles. The summed E-state index contributed by atoms with van der Waals surface area (Å²) in [5.74, 6) is -0.632. The summed E-state index contributed by atoms with van der Waals surface area (Å²) in [6, 6.07) is 23.9. The first-order chi connectivity index (χ1) is 17.3. The molecule has 0 atom stereocenters. The summed E-state index contributed by atoms with van der Waals surface area (Å²) in [5.41, 5.74) is 6.82. The van der Waals surface area contributed by atoms with Gasteiger partial charge in [-0.2, -0.15) is 0 Å². The van der Waals surface area contributed by atoms with Crippen LogP contribution in [0, 0.1) is 6.92 Å². The summed E-state index contributed by atoms with van der Waals surface area (Å²) >= 11 is 0. The molecule has 0 aliphatic heterocycles. The molecule has 1 heterocycles. The van der Waals surface area contributed by atoms with Gasteiger partial charge in [-0.05, 0) is 60.2 Å². The molecule has 0 bridgehead atoms. The van der Waals surface area contributed by atoms with Gasteiger partial charge in [0.1, 0.15) is 0 Å². The zero-order chi connectivity index (χ0) is 25.5. The zero-order valence-corrected chi connectivity index (χ0v) is 21.6. The second-order valence-electron chi connectivity index (χ2n) is 9.11. The Bertz CT molecular complexity index is 1470. The molecule has 0 saturated heterocycles. The van der Waals surface area contributed by atoms with Crippen LogP contribution in [0.1, 0.15) is 64.5 Å². The topological polar surface area (TPSA) is 79.0 Å². The highest BCUT2D eigenvalue weighted by Crippen LogP contribution is 2.26. The summed E-state index contributed by atoms with van der Waals surface area (Å²) in [6.07, 6.45) is 7.17. The molecular formula is C30H32N2O3S. The van der Waals surface area contributed by atoms with E-state index in [1.165, 1.54) is 0 Å². The number of rotatable bonds is 10. The van der Waals surface area contributed by atoms with Gasteiger partial charge in [0.2, 0.25) is 10.0 Å². The summed E-state index contributed by atoms with van der Waals surface area (Å²) < 4.78 is 26.8. The summed E-state index contributed by atoms with van der Waals surface area (Å²) in [4.78, 5) is 16.1. The monoisotopic (exact) mass is 500 g/mol. The number of unbranched alkanes of at least 4 members (excludes halogenated alkanes) is 2. The van der Waals surface area contributed by atoms with E-state index in [0.29, 0.717) is 18.4 Å². The fourth-order valence-corrected chi connectivity index (χ4v) is 5.34. The number of fused-ring (bicyclic) bond motifs is 1. The van der Waals surface area contributed by atoms with Crippen LogP contribution in [0.5, 0.6) is 0 Å². The van der Waals surface area contributed by atoms with Gasteiger partial charge in [-0.25, -0.2) is 13.1 Å². The standard InChI is InChI=1S/C30H32N2O3S/c1-3-4-8-19-36(34,35)32-30(33)26-17-18-29-28(21-26)27(22(2)31-29)20-25-15-13-24(14-16-25)12-11-23-9-6-5-7-10-23/h5-7,9-18,21,31H,3-4,8,19-20H2,1-2H3,(H,32,33). The van der Waals surface area contributed by atoms with Crippen LogP contribution in [0.25, 0.3) is 23.1 Å². The maximum absolute atomic E-state index is 12.7. The number of aromatic nitrogens is 1. The van der Waals surface area contributed by atoms with Crippen LogP contribution >= 0.6 is 0 Å². The van der Waals surface area contributed by atoms with Gasteiger partial charge in [-0.3, -0.25) is 4.79 Å². The number of hydrogen-bond donors (Lipinski definition) is 2. The largest absolute Gasteiger partial charge is 0.358 e. The molecule has 186 valence electrons. The number of amides is 1. The highest BCUT2D eigenvalue weighted by atomic mass is 32.2. The Kier molecular flexibility index (Phi) is 8.06. The minimum atomic E-state index is -3.65. The number of hydrogen-bond acceptors (Lipinski definition) is 3. The summed E-state index contributed by atoms with van der Waals surface area (Å²) in [7, 11) is -3.65. The van der Waals surface area contributed by atoms with Gasteiger partial charge in [0.15, 0.2) is 0 Å². The molecule has 4 aromatic rings. The first-order valence-electron chi connectivity index (χ1n) is 12.3. The smallest absolute Gasteiger partial charge is 0.264 e. The SMILES string of the molecule is CCCCCS(=O)(=O)NC(=O)c1ccc2[nH]c(C)c(Cc3ccc(C=Cc4ccccc4)cc3)c2c1. The molecule has 0 unspecified atom stereocenters. The molecule has 0 spiro atoms. The predicted molar refractivity (Wildman–Crippen MR) is 148 cm³/mol. The normalized spacial score (nSPS) is 11.8. The maximum Gasteiger partial charge on any atom is 0.264 e. The van der Waals surface area contributed by atoms with Gasteiger partial charge in [0, 0.05) is 22.2 Å². The van der Waals surface area contributed by atoms with E-state index in [0.717, 1.165) is 51.7 Å². The average molecular weight is 501 g/mol. The molecular weight excluding hydrogens is 468 g/mol. The minimum absolute atomic E-state index is 0.0418. The number of benzene rings is 3. The van der Waals surface area contributed by atoms with Crippen LogP contribution in [-0.4, -0.2) is 25.1 Å². The highest BCUT2D eigenvalue weighted by Gasteiger charge is 2.17. The Morgan fingerprint density at radius 2 is 1.61 bits per heavy atom. The molecule has 0 aliphatic carbocycles. The molecule has 1 amide bonds. The van der Waals surface area contributed by atoms with Gasteiger partial charge >= 0.3 is 0 Å². The number of nitrogens with one attached hydrogen (secondary N) is 2. The number of carbonyl (C=O) groups excluding carboxylic acids is 1. The molecule has 1 aromatic heterocycles. The van der Waals surface area contributed by atoms with Crippen LogP contribution in [-0.2, 0) is 16.4 Å². The van der Waals surface area contributed by atoms with Crippen molar-refractivity contribution in [2.45, 2.75) is 39.5 Å². The third-order valence-electron chi connectivity index (χ3n) is 6.27.